The fourth-order valence-corrected chi connectivity index (χ4v) is 5.43. The van der Waals surface area contributed by atoms with Gasteiger partial charge in [0.25, 0.3) is 5.56 Å². The first-order valence-corrected chi connectivity index (χ1v) is 12.7. The Labute approximate surface area is 213 Å². The van der Waals surface area contributed by atoms with Crippen molar-refractivity contribution in [2.45, 2.75) is 52.7 Å². The Hall–Kier alpha value is -3.23. The number of nitrogens with one attached hydrogen (secondary N) is 1. The van der Waals surface area contributed by atoms with Gasteiger partial charge in [-0.1, -0.05) is 25.1 Å². The van der Waals surface area contributed by atoms with Gasteiger partial charge in [-0.3, -0.25) is 4.79 Å². The molecule has 2 N–H and O–H groups in total. The van der Waals surface area contributed by atoms with E-state index in [9.17, 15) is 14.7 Å². The molecule has 1 amide bonds. The number of aryl methyl sites for hydroxylation is 1. The molecule has 0 aliphatic rings. The van der Waals surface area contributed by atoms with Crippen LogP contribution in [0.1, 0.15) is 50.3 Å². The third kappa shape index (κ3) is 4.88. The molecule has 0 aliphatic heterocycles. The molecule has 0 saturated heterocycles. The molecule has 4 rings (SSSR count). The summed E-state index contributed by atoms with van der Waals surface area (Å²) in [4.78, 5) is 29.4. The van der Waals surface area contributed by atoms with Gasteiger partial charge in [-0.2, -0.15) is 0 Å². The van der Waals surface area contributed by atoms with Crippen LogP contribution in [0, 0.1) is 12.7 Å². The van der Waals surface area contributed by atoms with Crippen LogP contribution in [0.4, 0.5) is 9.18 Å². The van der Waals surface area contributed by atoms with Gasteiger partial charge in [0.2, 0.25) is 0 Å². The molecule has 2 aromatic heterocycles. The maximum Gasteiger partial charge on any atom is 0.410 e. The van der Waals surface area contributed by atoms with Crippen LogP contribution >= 0.6 is 11.3 Å². The fraction of sp³-hybridized carbons (Fsp3) is 0.357. The molecular weight excluding hydrogens is 479 g/mol. The van der Waals surface area contributed by atoms with Crippen molar-refractivity contribution >= 4 is 38.4 Å². The third-order valence-electron chi connectivity index (χ3n) is 6.23. The Morgan fingerprint density at radius 3 is 2.61 bits per heavy atom. The lowest BCUT2D eigenvalue weighted by Crippen LogP contribution is -2.36. The first kappa shape index (κ1) is 25.9. The number of amides is 1. The maximum atomic E-state index is 15.5. The van der Waals surface area contributed by atoms with Crippen LogP contribution in [0.15, 0.2) is 40.5 Å². The molecule has 0 spiro atoms. The summed E-state index contributed by atoms with van der Waals surface area (Å²) in [6.07, 6.45) is -0.459. The van der Waals surface area contributed by atoms with E-state index in [0.717, 1.165) is 16.3 Å². The van der Waals surface area contributed by atoms with Gasteiger partial charge >= 0.3 is 6.09 Å². The smallest absolute Gasteiger partial charge is 0.410 e. The Bertz CT molecular complexity index is 1520. The van der Waals surface area contributed by atoms with Gasteiger partial charge in [-0.25, -0.2) is 9.18 Å². The highest BCUT2D eigenvalue weighted by Crippen LogP contribution is 2.39. The Kier molecular flexibility index (Phi) is 6.94. The van der Waals surface area contributed by atoms with Crippen molar-refractivity contribution in [2.24, 2.45) is 0 Å². The number of carbonyl (C=O) groups excluding carboxylic acids is 1. The van der Waals surface area contributed by atoms with E-state index in [0.29, 0.717) is 32.5 Å². The SMILES string of the molecule is Cc1cc(CO)c(-c2ccc(C(C)CN(C)C(=O)OC(C)(C)C)c(F)c2)c2c1[nH]c(=O)c1sccc12. The average molecular weight is 511 g/mol. The third-order valence-corrected chi connectivity index (χ3v) is 7.14. The Balaban J connectivity index is 1.77. The van der Waals surface area contributed by atoms with Gasteiger partial charge < -0.3 is 19.7 Å². The van der Waals surface area contributed by atoms with E-state index in [2.05, 4.69) is 4.98 Å². The van der Waals surface area contributed by atoms with E-state index in [4.69, 9.17) is 4.74 Å². The molecule has 2 heterocycles. The molecule has 4 aromatic rings. The quantitative estimate of drug-likeness (QED) is 0.329. The molecule has 0 bridgehead atoms. The highest BCUT2D eigenvalue weighted by molar-refractivity contribution is 7.17. The van der Waals surface area contributed by atoms with Crippen LogP contribution in [0.2, 0.25) is 0 Å². The maximum absolute atomic E-state index is 15.5. The van der Waals surface area contributed by atoms with Crippen molar-refractivity contribution in [3.05, 3.63) is 68.6 Å². The molecule has 36 heavy (non-hydrogen) atoms. The summed E-state index contributed by atoms with van der Waals surface area (Å²) in [6.45, 7) is 9.21. The van der Waals surface area contributed by atoms with E-state index in [-0.39, 0.29) is 24.6 Å². The molecular formula is C28H31FN2O4S. The summed E-state index contributed by atoms with van der Waals surface area (Å²) in [6, 6.07) is 8.74. The molecule has 2 aromatic carbocycles. The minimum Gasteiger partial charge on any atom is -0.444 e. The van der Waals surface area contributed by atoms with E-state index >= 15 is 4.39 Å². The molecule has 0 aliphatic carbocycles. The first-order chi connectivity index (χ1) is 16.9. The van der Waals surface area contributed by atoms with Crippen LogP contribution in [0.3, 0.4) is 0 Å². The van der Waals surface area contributed by atoms with Crippen LogP contribution < -0.4 is 5.56 Å². The van der Waals surface area contributed by atoms with Crippen LogP contribution in [0.25, 0.3) is 32.1 Å². The van der Waals surface area contributed by atoms with E-state index < -0.39 is 17.5 Å². The standard InChI is InChI=1S/C28H31FN2O4S/c1-15-11-18(14-32)22(23-20-9-10-36-25(20)26(33)30-24(15)23)17-7-8-19(21(29)12-17)16(2)13-31(6)27(34)35-28(3,4)5/h7-12,16,32H,13-14H2,1-6H3,(H,30,33). The van der Waals surface area contributed by atoms with Crippen molar-refractivity contribution in [1.29, 1.82) is 0 Å². The van der Waals surface area contributed by atoms with Crippen molar-refractivity contribution in [3.8, 4) is 11.1 Å². The number of carbonyl (C=O) groups is 1. The number of aromatic nitrogens is 1. The molecule has 190 valence electrons. The van der Waals surface area contributed by atoms with Crippen molar-refractivity contribution < 1.29 is 19.0 Å². The number of thiophene rings is 1. The predicted molar refractivity (Wildman–Crippen MR) is 143 cm³/mol. The zero-order valence-corrected chi connectivity index (χ0v) is 22.2. The number of hydrogen-bond acceptors (Lipinski definition) is 5. The normalized spacial score (nSPS) is 12.8. The highest BCUT2D eigenvalue weighted by Gasteiger charge is 2.23. The van der Waals surface area contributed by atoms with Crippen LogP contribution in [-0.2, 0) is 11.3 Å². The molecule has 8 heteroatoms. The summed E-state index contributed by atoms with van der Waals surface area (Å²) < 4.78 is 21.5. The van der Waals surface area contributed by atoms with Crippen molar-refractivity contribution in [1.82, 2.24) is 9.88 Å². The van der Waals surface area contributed by atoms with Gasteiger partial charge in [0.1, 0.15) is 16.1 Å². The van der Waals surface area contributed by atoms with Crippen LogP contribution in [0.5, 0.6) is 0 Å². The zero-order valence-electron chi connectivity index (χ0n) is 21.4. The number of benzene rings is 2. The largest absolute Gasteiger partial charge is 0.444 e. The summed E-state index contributed by atoms with van der Waals surface area (Å²) >= 11 is 1.35. The van der Waals surface area contributed by atoms with E-state index in [1.807, 2.05) is 37.4 Å². The van der Waals surface area contributed by atoms with E-state index in [1.165, 1.54) is 22.3 Å². The van der Waals surface area contributed by atoms with Gasteiger partial charge in [-0.15, -0.1) is 11.3 Å². The number of pyridine rings is 1. The fourth-order valence-electron chi connectivity index (χ4n) is 4.63. The number of ether oxygens (including phenoxy) is 1. The van der Waals surface area contributed by atoms with Gasteiger partial charge in [0, 0.05) is 30.3 Å². The van der Waals surface area contributed by atoms with Crippen molar-refractivity contribution in [2.75, 3.05) is 13.6 Å². The average Bonchev–Trinajstić information content (AvgIpc) is 3.29. The van der Waals surface area contributed by atoms with Crippen molar-refractivity contribution in [3.63, 3.8) is 0 Å². The minimum absolute atomic E-state index is 0.164. The highest BCUT2D eigenvalue weighted by atomic mass is 32.1. The number of H-pyrrole nitrogens is 1. The second-order valence-corrected chi connectivity index (χ2v) is 11.2. The Morgan fingerprint density at radius 2 is 1.97 bits per heavy atom. The number of hydrogen-bond donors (Lipinski definition) is 2. The summed E-state index contributed by atoms with van der Waals surface area (Å²) in [5.74, 6) is -0.676. The Morgan fingerprint density at radius 1 is 1.25 bits per heavy atom. The lowest BCUT2D eigenvalue weighted by atomic mass is 9.90. The number of nitrogens with zero attached hydrogens (tertiary/aromatic N) is 1. The number of rotatable bonds is 5. The second kappa shape index (κ2) is 9.67. The molecule has 0 fully saturated rings. The zero-order chi connectivity index (χ0) is 26.4. The first-order valence-electron chi connectivity index (χ1n) is 11.8. The topological polar surface area (TPSA) is 82.6 Å². The van der Waals surface area contributed by atoms with Gasteiger partial charge in [0.05, 0.1) is 12.1 Å². The number of fused-ring (bicyclic) bond motifs is 3. The molecule has 0 radical (unpaired) electrons. The number of halogens is 1. The minimum atomic E-state index is -0.610. The monoisotopic (exact) mass is 510 g/mol. The number of aromatic amines is 1. The second-order valence-electron chi connectivity index (χ2n) is 10.3. The molecule has 1 unspecified atom stereocenters. The number of likely N-dealkylation sites (N-methyl/N-ethyl adjacent to an activating group) is 1. The molecule has 0 saturated carbocycles. The summed E-state index contributed by atoms with van der Waals surface area (Å²) in [5.41, 5.74) is 3.17. The summed E-state index contributed by atoms with van der Waals surface area (Å²) in [7, 11) is 1.63. The number of aliphatic hydroxyl groups is 1. The lowest BCUT2D eigenvalue weighted by molar-refractivity contribution is 0.0290. The van der Waals surface area contributed by atoms with Crippen LogP contribution in [-0.4, -0.2) is 40.3 Å². The summed E-state index contributed by atoms with van der Waals surface area (Å²) in [5, 5.41) is 13.6. The number of aliphatic hydroxyl groups excluding tert-OH is 1. The molecule has 1 atom stereocenters. The van der Waals surface area contributed by atoms with Gasteiger partial charge in [0.15, 0.2) is 0 Å². The lowest BCUT2D eigenvalue weighted by Gasteiger charge is -2.26. The predicted octanol–water partition coefficient (Wildman–Crippen LogP) is 6.32. The van der Waals surface area contributed by atoms with E-state index in [1.54, 1.807) is 33.9 Å². The molecule has 6 nitrogen and oxygen atoms in total. The van der Waals surface area contributed by atoms with Gasteiger partial charge in [-0.05, 0) is 73.0 Å².